The Morgan fingerprint density at radius 3 is 2.80 bits per heavy atom. The first-order chi connectivity index (χ1) is 16.9. The van der Waals surface area contributed by atoms with E-state index in [0.717, 1.165) is 5.01 Å². The Labute approximate surface area is 204 Å². The van der Waals surface area contributed by atoms with Crippen molar-refractivity contribution < 1.29 is 18.7 Å². The van der Waals surface area contributed by atoms with Gasteiger partial charge in [-0.3, -0.25) is 9.59 Å². The molecule has 2 atom stereocenters. The average Bonchev–Trinajstić information content (AvgIpc) is 3.53. The number of carbonyl (C=O) groups is 2. The van der Waals surface area contributed by atoms with E-state index in [4.69, 9.17) is 10.5 Å². The number of nitrogens with two attached hydrogens (primary N) is 1. The van der Waals surface area contributed by atoms with E-state index in [9.17, 15) is 14.0 Å². The molecule has 3 heterocycles. The Bertz CT molecular complexity index is 1400. The first kappa shape index (κ1) is 22.9. The number of rotatable bonds is 7. The topological polar surface area (TPSA) is 113 Å². The van der Waals surface area contributed by atoms with Crippen LogP contribution in [0, 0.1) is 11.7 Å². The van der Waals surface area contributed by atoms with E-state index in [0.29, 0.717) is 35.8 Å². The molecule has 0 spiro atoms. The lowest BCUT2D eigenvalue weighted by Gasteiger charge is -2.28. The Kier molecular flexibility index (Phi) is 6.12. The zero-order valence-corrected chi connectivity index (χ0v) is 19.7. The number of ketones is 1. The molecule has 10 heteroatoms. The zero-order valence-electron chi connectivity index (χ0n) is 18.8. The van der Waals surface area contributed by atoms with Gasteiger partial charge in [0.1, 0.15) is 24.0 Å². The van der Waals surface area contributed by atoms with Gasteiger partial charge in [-0.1, -0.05) is 18.2 Å². The lowest BCUT2D eigenvalue weighted by molar-refractivity contribution is 0.0882. The van der Waals surface area contributed by atoms with Gasteiger partial charge in [0.05, 0.1) is 11.1 Å². The van der Waals surface area contributed by atoms with Crippen molar-refractivity contribution in [3.8, 4) is 16.6 Å². The van der Waals surface area contributed by atoms with E-state index < -0.39 is 17.6 Å². The number of hydrogen-bond acceptors (Lipinski definition) is 7. The summed E-state index contributed by atoms with van der Waals surface area (Å²) < 4.78 is 22.5. The van der Waals surface area contributed by atoms with Crippen LogP contribution in [0.25, 0.3) is 10.8 Å². The second-order valence-corrected chi connectivity index (χ2v) is 9.35. The van der Waals surface area contributed by atoms with Crippen molar-refractivity contribution in [2.24, 2.45) is 11.7 Å². The first-order valence-electron chi connectivity index (χ1n) is 11.1. The zero-order chi connectivity index (χ0) is 24.5. The van der Waals surface area contributed by atoms with Gasteiger partial charge in [-0.05, 0) is 43.2 Å². The van der Waals surface area contributed by atoms with Crippen LogP contribution in [0.4, 0.5) is 4.39 Å². The number of aromatic nitrogens is 4. The highest BCUT2D eigenvalue weighted by atomic mass is 32.1. The van der Waals surface area contributed by atoms with Crippen LogP contribution in [0.5, 0.6) is 5.75 Å². The number of hydrogen-bond donors (Lipinski definition) is 1. The molecule has 35 heavy (non-hydrogen) atoms. The SMILES string of the molecule is CC1CC(C(=O)c2cc(COc3ccccc3C(N)=O)ccc2F)Cc2nnc(-c3nccs3)n21. The van der Waals surface area contributed by atoms with Crippen LogP contribution in [0.15, 0.2) is 54.0 Å². The summed E-state index contributed by atoms with van der Waals surface area (Å²) in [5, 5.41) is 11.2. The van der Waals surface area contributed by atoms with Crippen molar-refractivity contribution in [2.45, 2.75) is 32.4 Å². The molecule has 0 saturated heterocycles. The highest BCUT2D eigenvalue weighted by molar-refractivity contribution is 7.13. The minimum atomic E-state index is -0.604. The lowest BCUT2D eigenvalue weighted by Crippen LogP contribution is -2.29. The Hall–Kier alpha value is -3.92. The number of benzene rings is 2. The summed E-state index contributed by atoms with van der Waals surface area (Å²) in [5.41, 5.74) is 6.27. The van der Waals surface area contributed by atoms with E-state index in [1.54, 1.807) is 36.5 Å². The molecule has 2 N–H and O–H groups in total. The summed E-state index contributed by atoms with van der Waals surface area (Å²) >= 11 is 1.48. The molecule has 2 aromatic carbocycles. The van der Waals surface area contributed by atoms with E-state index in [2.05, 4.69) is 15.2 Å². The smallest absolute Gasteiger partial charge is 0.252 e. The number of amides is 1. The monoisotopic (exact) mass is 491 g/mol. The third-order valence-corrected chi connectivity index (χ3v) is 6.87. The normalized spacial score (nSPS) is 17.1. The van der Waals surface area contributed by atoms with Gasteiger partial charge in [0.25, 0.3) is 5.91 Å². The number of para-hydroxylation sites is 1. The van der Waals surface area contributed by atoms with E-state index in [1.807, 2.05) is 16.9 Å². The number of fused-ring (bicyclic) bond motifs is 1. The number of nitrogens with zero attached hydrogens (tertiary/aromatic N) is 4. The molecular formula is C25H22FN5O3S. The number of halogens is 1. The molecule has 0 radical (unpaired) electrons. The minimum Gasteiger partial charge on any atom is -0.488 e. The fraction of sp³-hybridized carbons (Fsp3) is 0.240. The molecule has 0 saturated carbocycles. The molecule has 1 aliphatic heterocycles. The van der Waals surface area contributed by atoms with E-state index in [-0.39, 0.29) is 29.6 Å². The van der Waals surface area contributed by atoms with E-state index in [1.165, 1.54) is 23.5 Å². The van der Waals surface area contributed by atoms with Gasteiger partial charge in [-0.25, -0.2) is 9.37 Å². The van der Waals surface area contributed by atoms with Crippen molar-refractivity contribution >= 4 is 23.0 Å². The van der Waals surface area contributed by atoms with Crippen molar-refractivity contribution in [2.75, 3.05) is 0 Å². The summed E-state index contributed by atoms with van der Waals surface area (Å²) in [6, 6.07) is 10.9. The highest BCUT2D eigenvalue weighted by Gasteiger charge is 2.34. The van der Waals surface area contributed by atoms with E-state index >= 15 is 0 Å². The van der Waals surface area contributed by atoms with Gasteiger partial charge in [0.15, 0.2) is 16.6 Å². The van der Waals surface area contributed by atoms with Crippen LogP contribution in [0.1, 0.15) is 51.5 Å². The summed E-state index contributed by atoms with van der Waals surface area (Å²) in [6.45, 7) is 2.05. The molecule has 4 aromatic rings. The van der Waals surface area contributed by atoms with Gasteiger partial charge < -0.3 is 15.0 Å². The highest BCUT2D eigenvalue weighted by Crippen LogP contribution is 2.35. The van der Waals surface area contributed by atoms with Gasteiger partial charge in [-0.15, -0.1) is 21.5 Å². The predicted octanol–water partition coefficient (Wildman–Crippen LogP) is 4.22. The summed E-state index contributed by atoms with van der Waals surface area (Å²) in [6.07, 6.45) is 2.62. The Balaban J connectivity index is 1.35. The predicted molar refractivity (Wildman–Crippen MR) is 128 cm³/mol. The number of primary amides is 1. The third kappa shape index (κ3) is 4.44. The number of Topliss-reactive ketones (excluding diaryl/α,β-unsaturated/α-hetero) is 1. The van der Waals surface area contributed by atoms with Gasteiger partial charge >= 0.3 is 0 Å². The van der Waals surface area contributed by atoms with Crippen LogP contribution in [0.2, 0.25) is 0 Å². The molecule has 2 aromatic heterocycles. The number of carbonyl (C=O) groups excluding carboxylic acids is 2. The number of ether oxygens (including phenoxy) is 1. The standard InChI is InChI=1S/C25H22FN5O3S/c1-14-10-16(12-21-29-30-24(31(14)21)25-28-8-9-35-25)22(32)18-11-15(6-7-19(18)26)13-34-20-5-3-2-4-17(20)23(27)33/h2-9,11,14,16H,10,12-13H2,1H3,(H2,27,33). The first-order valence-corrected chi connectivity index (χ1v) is 12.0. The largest absolute Gasteiger partial charge is 0.488 e. The van der Waals surface area contributed by atoms with Crippen LogP contribution < -0.4 is 10.5 Å². The van der Waals surface area contributed by atoms with Crippen molar-refractivity contribution in [3.63, 3.8) is 0 Å². The molecule has 0 bridgehead atoms. The second kappa shape index (κ2) is 9.38. The molecule has 2 unspecified atom stereocenters. The minimum absolute atomic E-state index is 0.0135. The molecule has 1 aliphatic rings. The molecule has 1 amide bonds. The third-order valence-electron chi connectivity index (χ3n) is 6.10. The molecule has 8 nitrogen and oxygen atoms in total. The maximum absolute atomic E-state index is 14.7. The second-order valence-electron chi connectivity index (χ2n) is 8.46. The summed E-state index contributed by atoms with van der Waals surface area (Å²) in [5.74, 6) is -0.183. The quantitative estimate of drug-likeness (QED) is 0.387. The Morgan fingerprint density at radius 2 is 2.03 bits per heavy atom. The molecule has 5 rings (SSSR count). The summed E-state index contributed by atoms with van der Waals surface area (Å²) in [4.78, 5) is 29.3. The fourth-order valence-electron chi connectivity index (χ4n) is 4.45. The molecular weight excluding hydrogens is 469 g/mol. The van der Waals surface area contributed by atoms with Crippen LogP contribution in [-0.2, 0) is 13.0 Å². The maximum Gasteiger partial charge on any atom is 0.252 e. The van der Waals surface area contributed by atoms with Gasteiger partial charge in [-0.2, -0.15) is 0 Å². The van der Waals surface area contributed by atoms with Crippen LogP contribution >= 0.6 is 11.3 Å². The van der Waals surface area contributed by atoms with Crippen molar-refractivity contribution in [3.05, 3.63) is 82.4 Å². The Morgan fingerprint density at radius 1 is 1.20 bits per heavy atom. The maximum atomic E-state index is 14.7. The van der Waals surface area contributed by atoms with Crippen molar-refractivity contribution in [1.29, 1.82) is 0 Å². The fourth-order valence-corrected chi connectivity index (χ4v) is 5.07. The lowest BCUT2D eigenvalue weighted by atomic mass is 9.85. The molecule has 178 valence electrons. The van der Waals surface area contributed by atoms with Crippen LogP contribution in [-0.4, -0.2) is 31.4 Å². The van der Waals surface area contributed by atoms with Crippen molar-refractivity contribution in [1.82, 2.24) is 19.7 Å². The van der Waals surface area contributed by atoms with Crippen LogP contribution in [0.3, 0.4) is 0 Å². The molecule has 0 aliphatic carbocycles. The molecule has 0 fully saturated rings. The number of thiazole rings is 1. The summed E-state index contributed by atoms with van der Waals surface area (Å²) in [7, 11) is 0. The van der Waals surface area contributed by atoms with Gasteiger partial charge in [0.2, 0.25) is 0 Å². The van der Waals surface area contributed by atoms with Gasteiger partial charge in [0, 0.05) is 30.0 Å². The average molecular weight is 492 g/mol.